The molecule has 0 bridgehead atoms. The number of nitrogens with zero attached hydrogens (tertiary/aromatic N) is 3. The van der Waals surface area contributed by atoms with Crippen LogP contribution in [0.4, 0.5) is 0 Å². The molecule has 0 saturated heterocycles. The molecule has 2 N–H and O–H groups in total. The Balaban J connectivity index is 1.62. The maximum absolute atomic E-state index is 12.2. The van der Waals surface area contributed by atoms with E-state index >= 15 is 0 Å². The number of nitrogens with one attached hydrogen (secondary N) is 2. The van der Waals surface area contributed by atoms with Gasteiger partial charge in [-0.1, -0.05) is 17.3 Å². The average Bonchev–Trinajstić information content (AvgIpc) is 3.32. The van der Waals surface area contributed by atoms with E-state index in [0.717, 1.165) is 17.5 Å². The van der Waals surface area contributed by atoms with E-state index in [1.54, 1.807) is 24.3 Å². The highest BCUT2D eigenvalue weighted by molar-refractivity contribution is 5.85. The molecule has 1 saturated carbocycles. The molecule has 0 radical (unpaired) electrons. The van der Waals surface area contributed by atoms with Crippen molar-refractivity contribution in [3.05, 3.63) is 34.6 Å². The van der Waals surface area contributed by atoms with E-state index in [0.29, 0.717) is 10.9 Å². The molecule has 2 amide bonds. The molecule has 0 unspecified atom stereocenters. The fraction of sp³-hybridized carbons (Fsp3) is 0.357. The molecule has 2 aromatic rings. The van der Waals surface area contributed by atoms with E-state index < -0.39 is 5.91 Å². The summed E-state index contributed by atoms with van der Waals surface area (Å²) in [6.45, 7) is -0.377. The molecule has 0 spiro atoms. The Labute approximate surface area is 125 Å². The van der Waals surface area contributed by atoms with Crippen molar-refractivity contribution in [2.75, 3.05) is 6.54 Å². The van der Waals surface area contributed by atoms with Crippen LogP contribution >= 0.6 is 0 Å². The molecule has 8 nitrogen and oxygen atoms in total. The Hall–Kier alpha value is -2.77. The van der Waals surface area contributed by atoms with Crippen LogP contribution < -0.4 is 16.2 Å². The maximum atomic E-state index is 12.2. The zero-order valence-electron chi connectivity index (χ0n) is 11.8. The minimum atomic E-state index is -0.461. The molecule has 3 rings (SSSR count). The number of fused-ring (bicyclic) bond motifs is 1. The van der Waals surface area contributed by atoms with E-state index in [-0.39, 0.29) is 30.6 Å². The highest BCUT2D eigenvalue weighted by Gasteiger charge is 2.23. The topological polar surface area (TPSA) is 106 Å². The summed E-state index contributed by atoms with van der Waals surface area (Å²) in [7, 11) is 0. The van der Waals surface area contributed by atoms with Gasteiger partial charge in [0.2, 0.25) is 11.8 Å². The quantitative estimate of drug-likeness (QED) is 0.751. The standard InChI is InChI=1S/C14H15N5O3/c20-12(16-9-5-6-9)7-15-13(21)8-19-14(22)10-3-1-2-4-11(10)17-18-19/h1-4,9H,5-8H2,(H,15,21)(H,16,20). The monoisotopic (exact) mass is 301 g/mol. The van der Waals surface area contributed by atoms with Gasteiger partial charge in [0.25, 0.3) is 5.56 Å². The van der Waals surface area contributed by atoms with Gasteiger partial charge in [-0.25, -0.2) is 4.68 Å². The van der Waals surface area contributed by atoms with Crippen molar-refractivity contribution in [2.45, 2.75) is 25.4 Å². The minimum absolute atomic E-state index is 0.106. The zero-order chi connectivity index (χ0) is 15.5. The van der Waals surface area contributed by atoms with Crippen molar-refractivity contribution in [2.24, 2.45) is 0 Å². The van der Waals surface area contributed by atoms with Crippen molar-refractivity contribution in [1.29, 1.82) is 0 Å². The first-order chi connectivity index (χ1) is 10.6. The molecule has 114 valence electrons. The second-order valence-corrected chi connectivity index (χ2v) is 5.19. The Morgan fingerprint density at radius 2 is 2.00 bits per heavy atom. The largest absolute Gasteiger partial charge is 0.352 e. The Morgan fingerprint density at radius 1 is 1.23 bits per heavy atom. The van der Waals surface area contributed by atoms with Crippen molar-refractivity contribution in [3.63, 3.8) is 0 Å². The second kappa shape index (κ2) is 5.92. The first-order valence-corrected chi connectivity index (χ1v) is 7.02. The number of amides is 2. The van der Waals surface area contributed by atoms with Gasteiger partial charge >= 0.3 is 0 Å². The average molecular weight is 301 g/mol. The van der Waals surface area contributed by atoms with E-state index in [1.807, 2.05) is 0 Å². The number of benzene rings is 1. The van der Waals surface area contributed by atoms with Crippen LogP contribution in [0.15, 0.2) is 29.1 Å². The van der Waals surface area contributed by atoms with Crippen LogP contribution in [-0.4, -0.2) is 39.4 Å². The molecule has 0 atom stereocenters. The summed E-state index contributed by atoms with van der Waals surface area (Å²) < 4.78 is 0.983. The molecule has 1 aromatic heterocycles. The number of aromatic nitrogens is 3. The van der Waals surface area contributed by atoms with Crippen molar-refractivity contribution in [1.82, 2.24) is 25.6 Å². The van der Waals surface area contributed by atoms with Gasteiger partial charge in [-0.05, 0) is 25.0 Å². The van der Waals surface area contributed by atoms with E-state index in [9.17, 15) is 14.4 Å². The normalized spacial score (nSPS) is 13.8. The summed E-state index contributed by atoms with van der Waals surface area (Å²) in [6, 6.07) is 7.03. The minimum Gasteiger partial charge on any atom is -0.352 e. The third-order valence-corrected chi connectivity index (χ3v) is 3.31. The highest BCUT2D eigenvalue weighted by Crippen LogP contribution is 2.18. The lowest BCUT2D eigenvalue weighted by atomic mass is 10.2. The predicted octanol–water partition coefficient (Wildman–Crippen LogP) is -0.814. The van der Waals surface area contributed by atoms with Crippen molar-refractivity contribution >= 4 is 22.7 Å². The van der Waals surface area contributed by atoms with Gasteiger partial charge < -0.3 is 10.6 Å². The number of hydrogen-bond donors (Lipinski definition) is 2. The summed E-state index contributed by atoms with van der Waals surface area (Å²) in [5, 5.41) is 13.2. The fourth-order valence-electron chi connectivity index (χ4n) is 2.00. The zero-order valence-corrected chi connectivity index (χ0v) is 11.8. The first kappa shape index (κ1) is 14.2. The Morgan fingerprint density at radius 3 is 2.77 bits per heavy atom. The van der Waals surface area contributed by atoms with Gasteiger partial charge in [0, 0.05) is 6.04 Å². The molecule has 22 heavy (non-hydrogen) atoms. The van der Waals surface area contributed by atoms with E-state index in [4.69, 9.17) is 0 Å². The smallest absolute Gasteiger partial charge is 0.278 e. The maximum Gasteiger partial charge on any atom is 0.278 e. The summed E-state index contributed by atoms with van der Waals surface area (Å²) >= 11 is 0. The van der Waals surface area contributed by atoms with Crippen molar-refractivity contribution < 1.29 is 9.59 Å². The van der Waals surface area contributed by atoms with Gasteiger partial charge in [-0.15, -0.1) is 5.10 Å². The number of carbonyl (C=O) groups is 2. The molecular weight excluding hydrogens is 286 g/mol. The molecule has 0 aliphatic heterocycles. The molecule has 1 aliphatic rings. The van der Waals surface area contributed by atoms with Crippen LogP contribution in [0.1, 0.15) is 12.8 Å². The lowest BCUT2D eigenvalue weighted by Gasteiger charge is -2.07. The van der Waals surface area contributed by atoms with Gasteiger partial charge in [0.1, 0.15) is 12.1 Å². The first-order valence-electron chi connectivity index (χ1n) is 7.02. The van der Waals surface area contributed by atoms with Gasteiger partial charge in [-0.2, -0.15) is 0 Å². The molecular formula is C14H15N5O3. The predicted molar refractivity (Wildman–Crippen MR) is 78.0 cm³/mol. The molecule has 1 fully saturated rings. The number of carbonyl (C=O) groups excluding carboxylic acids is 2. The van der Waals surface area contributed by atoms with Gasteiger partial charge in [0.05, 0.1) is 11.9 Å². The lowest BCUT2D eigenvalue weighted by Crippen LogP contribution is -2.40. The third-order valence-electron chi connectivity index (χ3n) is 3.31. The molecule has 1 aliphatic carbocycles. The summed E-state index contributed by atoms with van der Waals surface area (Å²) in [5.41, 5.74) is 0.0937. The van der Waals surface area contributed by atoms with Crippen LogP contribution in [0.5, 0.6) is 0 Å². The van der Waals surface area contributed by atoms with Crippen molar-refractivity contribution in [3.8, 4) is 0 Å². The third kappa shape index (κ3) is 3.27. The van der Waals surface area contributed by atoms with E-state index in [1.165, 1.54) is 0 Å². The molecule has 1 heterocycles. The fourth-order valence-corrected chi connectivity index (χ4v) is 2.00. The molecule has 1 aromatic carbocycles. The summed E-state index contributed by atoms with van der Waals surface area (Å²) in [5.74, 6) is -0.689. The van der Waals surface area contributed by atoms with Crippen LogP contribution in [0.2, 0.25) is 0 Å². The lowest BCUT2D eigenvalue weighted by molar-refractivity contribution is -0.126. The SMILES string of the molecule is O=C(Cn1nnc2ccccc2c1=O)NCC(=O)NC1CC1. The Bertz CT molecular complexity index is 781. The van der Waals surface area contributed by atoms with Crippen LogP contribution in [0.3, 0.4) is 0 Å². The summed E-state index contributed by atoms with van der Waals surface area (Å²) in [4.78, 5) is 35.4. The van der Waals surface area contributed by atoms with Crippen LogP contribution in [0.25, 0.3) is 10.9 Å². The second-order valence-electron chi connectivity index (χ2n) is 5.19. The van der Waals surface area contributed by atoms with Gasteiger partial charge in [0.15, 0.2) is 0 Å². The van der Waals surface area contributed by atoms with Crippen LogP contribution in [0, 0.1) is 0 Å². The molecule has 8 heteroatoms. The number of rotatable bonds is 5. The van der Waals surface area contributed by atoms with E-state index in [2.05, 4.69) is 20.9 Å². The highest BCUT2D eigenvalue weighted by atomic mass is 16.2. The summed E-state index contributed by atoms with van der Waals surface area (Å²) in [6.07, 6.45) is 1.98. The number of hydrogen-bond acceptors (Lipinski definition) is 5. The van der Waals surface area contributed by atoms with Crippen LogP contribution in [-0.2, 0) is 16.1 Å². The van der Waals surface area contributed by atoms with Gasteiger partial charge in [-0.3, -0.25) is 14.4 Å². The Kier molecular flexibility index (Phi) is 3.82.